The summed E-state index contributed by atoms with van der Waals surface area (Å²) in [4.78, 5) is 17.5. The molecule has 0 atom stereocenters. The van der Waals surface area contributed by atoms with Crippen molar-refractivity contribution in [3.8, 4) is 22.7 Å². The Bertz CT molecular complexity index is 1480. The summed E-state index contributed by atoms with van der Waals surface area (Å²) >= 11 is 6.58. The summed E-state index contributed by atoms with van der Waals surface area (Å²) in [5.41, 5.74) is 3.88. The summed E-state index contributed by atoms with van der Waals surface area (Å²) in [7, 11) is 1.61. The van der Waals surface area contributed by atoms with Gasteiger partial charge >= 0.3 is 6.18 Å². The molecule has 0 bridgehead atoms. The monoisotopic (exact) mass is 589 g/mol. The largest absolute Gasteiger partial charge is 0.497 e. The number of methoxy groups -OCH3 is 1. The van der Waals surface area contributed by atoms with Crippen LogP contribution in [0.25, 0.3) is 16.9 Å². The maximum absolute atomic E-state index is 13.7. The van der Waals surface area contributed by atoms with E-state index in [9.17, 15) is 18.0 Å². The third-order valence-corrected chi connectivity index (χ3v) is 7.40. The van der Waals surface area contributed by atoms with Crippen molar-refractivity contribution in [3.05, 3.63) is 101 Å². The number of carbonyl (C=O) groups excluding carboxylic acids is 1. The number of piperazine rings is 1. The Morgan fingerprint density at radius 2 is 1.52 bits per heavy atom. The number of hydrogen-bond acceptors (Lipinski definition) is 3. The van der Waals surface area contributed by atoms with Crippen LogP contribution in [0.5, 0.6) is 5.75 Å². The molecule has 0 radical (unpaired) electrons. The van der Waals surface area contributed by atoms with Crippen LogP contribution in [0, 0.1) is 6.92 Å². The van der Waals surface area contributed by atoms with Gasteiger partial charge in [0.15, 0.2) is 0 Å². The lowest BCUT2D eigenvalue weighted by molar-refractivity contribution is -0.137. The number of nitrogens with zero attached hydrogens (tertiary/aromatic N) is 3. The van der Waals surface area contributed by atoms with Crippen LogP contribution in [0.15, 0.2) is 78.9 Å². The second-order valence-corrected chi connectivity index (χ2v) is 9.78. The molecule has 1 saturated heterocycles. The summed E-state index contributed by atoms with van der Waals surface area (Å²) in [6.07, 6.45) is -4.37. The molecule has 0 spiro atoms. The summed E-state index contributed by atoms with van der Waals surface area (Å²) in [5, 5.41) is 0.565. The molecule has 210 valence electrons. The molecule has 0 unspecified atom stereocenters. The SMILES string of the molecule is COc1ccc(-c2cc(C(=O)N3CCN(c4ccc(C(F)(F)F)cc4)CC3)c(C)n2-c2ccccc2Cl)cc1.Cl. The molecule has 2 heterocycles. The highest BCUT2D eigenvalue weighted by atomic mass is 35.5. The van der Waals surface area contributed by atoms with E-state index in [1.165, 1.54) is 12.1 Å². The number of alkyl halides is 3. The van der Waals surface area contributed by atoms with E-state index in [0.29, 0.717) is 42.5 Å². The third-order valence-electron chi connectivity index (χ3n) is 7.08. The molecule has 1 amide bonds. The Hall–Kier alpha value is -3.62. The first-order valence-corrected chi connectivity index (χ1v) is 12.9. The van der Waals surface area contributed by atoms with Gasteiger partial charge in [0, 0.05) is 37.6 Å². The van der Waals surface area contributed by atoms with Gasteiger partial charge in [0.25, 0.3) is 5.91 Å². The van der Waals surface area contributed by atoms with Gasteiger partial charge in [0.1, 0.15) is 5.75 Å². The van der Waals surface area contributed by atoms with Crippen molar-refractivity contribution in [1.29, 1.82) is 0 Å². The van der Waals surface area contributed by atoms with Gasteiger partial charge in [0.2, 0.25) is 0 Å². The van der Waals surface area contributed by atoms with E-state index >= 15 is 0 Å². The van der Waals surface area contributed by atoms with Crippen molar-refractivity contribution in [1.82, 2.24) is 9.47 Å². The first-order valence-electron chi connectivity index (χ1n) is 12.5. The van der Waals surface area contributed by atoms with Crippen molar-refractivity contribution >= 4 is 35.6 Å². The number of aromatic nitrogens is 1. The average molecular weight is 590 g/mol. The summed E-state index contributed by atoms with van der Waals surface area (Å²) in [6, 6.07) is 22.2. The molecule has 5 rings (SSSR count). The maximum Gasteiger partial charge on any atom is 0.416 e. The molecule has 1 fully saturated rings. The number of amides is 1. The number of hydrogen-bond donors (Lipinski definition) is 0. The smallest absolute Gasteiger partial charge is 0.416 e. The molecule has 5 nitrogen and oxygen atoms in total. The van der Waals surface area contributed by atoms with Gasteiger partial charge in [-0.15, -0.1) is 12.4 Å². The van der Waals surface area contributed by atoms with Crippen LogP contribution < -0.4 is 9.64 Å². The van der Waals surface area contributed by atoms with Crippen LogP contribution in [0.1, 0.15) is 21.6 Å². The molecule has 40 heavy (non-hydrogen) atoms. The number of rotatable bonds is 5. The van der Waals surface area contributed by atoms with Gasteiger partial charge in [-0.25, -0.2) is 0 Å². The minimum atomic E-state index is -4.37. The van der Waals surface area contributed by atoms with Gasteiger partial charge in [-0.05, 0) is 79.2 Å². The van der Waals surface area contributed by atoms with Gasteiger partial charge in [0.05, 0.1) is 34.6 Å². The third kappa shape index (κ3) is 5.78. The molecule has 0 saturated carbocycles. The zero-order valence-corrected chi connectivity index (χ0v) is 23.5. The van der Waals surface area contributed by atoms with E-state index in [1.54, 1.807) is 12.0 Å². The predicted molar refractivity (Wildman–Crippen MR) is 154 cm³/mol. The number of halogens is 5. The fourth-order valence-corrected chi connectivity index (χ4v) is 5.16. The van der Waals surface area contributed by atoms with E-state index in [4.69, 9.17) is 16.3 Å². The van der Waals surface area contributed by atoms with Crippen LogP contribution in [0.2, 0.25) is 5.02 Å². The Morgan fingerprint density at radius 1 is 0.900 bits per heavy atom. The highest BCUT2D eigenvalue weighted by molar-refractivity contribution is 6.32. The van der Waals surface area contributed by atoms with Crippen molar-refractivity contribution in [2.24, 2.45) is 0 Å². The van der Waals surface area contributed by atoms with E-state index in [1.807, 2.05) is 71.0 Å². The van der Waals surface area contributed by atoms with Crippen LogP contribution in [-0.4, -0.2) is 48.7 Å². The van der Waals surface area contributed by atoms with Crippen LogP contribution in [-0.2, 0) is 6.18 Å². The van der Waals surface area contributed by atoms with Gasteiger partial charge < -0.3 is 19.1 Å². The molecule has 1 aliphatic rings. The fraction of sp³-hybridized carbons (Fsp3) is 0.233. The Morgan fingerprint density at radius 3 is 2.10 bits per heavy atom. The molecule has 4 aromatic rings. The topological polar surface area (TPSA) is 37.7 Å². The summed E-state index contributed by atoms with van der Waals surface area (Å²) in [5.74, 6) is 0.633. The van der Waals surface area contributed by atoms with Crippen LogP contribution in [0.3, 0.4) is 0 Å². The molecule has 0 aliphatic carbocycles. The number of anilines is 1. The van der Waals surface area contributed by atoms with Crippen molar-refractivity contribution in [3.63, 3.8) is 0 Å². The first kappa shape index (κ1) is 29.4. The fourth-order valence-electron chi connectivity index (χ4n) is 4.94. The Balaban J connectivity index is 0.00000370. The normalized spacial score (nSPS) is 13.7. The number of benzene rings is 3. The van der Waals surface area contributed by atoms with Crippen LogP contribution in [0.4, 0.5) is 18.9 Å². The number of ether oxygens (including phenoxy) is 1. The molecule has 10 heteroatoms. The lowest BCUT2D eigenvalue weighted by Crippen LogP contribution is -2.48. The van der Waals surface area contributed by atoms with E-state index in [2.05, 4.69) is 0 Å². The van der Waals surface area contributed by atoms with Gasteiger partial charge in [-0.2, -0.15) is 13.2 Å². The second-order valence-electron chi connectivity index (χ2n) is 9.37. The van der Waals surface area contributed by atoms with Gasteiger partial charge in [-0.3, -0.25) is 4.79 Å². The molecule has 1 aromatic heterocycles. The Kier molecular flexibility index (Phi) is 8.71. The maximum atomic E-state index is 13.7. The molecule has 0 N–H and O–H groups in total. The minimum absolute atomic E-state index is 0. The van der Waals surface area contributed by atoms with Gasteiger partial charge in [-0.1, -0.05) is 23.7 Å². The lowest BCUT2D eigenvalue weighted by atomic mass is 10.1. The van der Waals surface area contributed by atoms with Crippen LogP contribution >= 0.6 is 24.0 Å². The zero-order chi connectivity index (χ0) is 27.7. The van der Waals surface area contributed by atoms with E-state index in [-0.39, 0.29) is 18.3 Å². The molecular formula is C30H28Cl2F3N3O2. The Labute approximate surface area is 242 Å². The van der Waals surface area contributed by atoms with E-state index < -0.39 is 11.7 Å². The highest BCUT2D eigenvalue weighted by Crippen LogP contribution is 2.34. The second kappa shape index (κ2) is 11.9. The molecule has 3 aromatic carbocycles. The molecular weight excluding hydrogens is 562 g/mol. The van der Waals surface area contributed by atoms with Crippen molar-refractivity contribution < 1.29 is 22.7 Å². The lowest BCUT2D eigenvalue weighted by Gasteiger charge is -2.36. The zero-order valence-electron chi connectivity index (χ0n) is 21.9. The predicted octanol–water partition coefficient (Wildman–Crippen LogP) is 7.52. The van der Waals surface area contributed by atoms with Crippen molar-refractivity contribution in [2.75, 3.05) is 38.2 Å². The quantitative estimate of drug-likeness (QED) is 0.241. The standard InChI is InChI=1S/C30H27ClF3N3O2.ClH/c1-20-25(29(38)36-17-15-35(16-18-36)23-11-9-22(10-12-23)30(32,33)34)19-28(21-7-13-24(39-2)14-8-21)37(20)27-6-4-3-5-26(27)31;/h3-14,19H,15-18H2,1-2H3;1H. The van der Waals surface area contributed by atoms with Crippen molar-refractivity contribution in [2.45, 2.75) is 13.1 Å². The summed E-state index contributed by atoms with van der Waals surface area (Å²) in [6.45, 7) is 3.85. The number of para-hydroxylation sites is 1. The minimum Gasteiger partial charge on any atom is -0.497 e. The molecule has 1 aliphatic heterocycles. The highest BCUT2D eigenvalue weighted by Gasteiger charge is 2.31. The van der Waals surface area contributed by atoms with E-state index in [0.717, 1.165) is 40.5 Å². The number of carbonyl (C=O) groups is 1. The first-order chi connectivity index (χ1) is 18.7. The average Bonchev–Trinajstić information content (AvgIpc) is 3.29. The summed E-state index contributed by atoms with van der Waals surface area (Å²) < 4.78 is 46.1.